The molecule has 3 aromatic carbocycles. The van der Waals surface area contributed by atoms with Crippen molar-refractivity contribution in [2.24, 2.45) is 10.9 Å². The van der Waals surface area contributed by atoms with E-state index in [4.69, 9.17) is 9.73 Å². The van der Waals surface area contributed by atoms with Crippen molar-refractivity contribution in [3.05, 3.63) is 99.4 Å². The van der Waals surface area contributed by atoms with E-state index >= 15 is 0 Å². The number of carbonyl (C=O) groups is 1. The van der Waals surface area contributed by atoms with Crippen LogP contribution < -0.4 is 4.74 Å². The first-order chi connectivity index (χ1) is 17.6. The van der Waals surface area contributed by atoms with Crippen molar-refractivity contribution < 1.29 is 9.53 Å². The van der Waals surface area contributed by atoms with Crippen LogP contribution in [0.15, 0.2) is 93.2 Å². The summed E-state index contributed by atoms with van der Waals surface area (Å²) in [5, 5.41) is 0.776. The number of ether oxygens (including phenoxy) is 1. The van der Waals surface area contributed by atoms with Gasteiger partial charge in [0.15, 0.2) is 5.17 Å². The standard InChI is InChI=1S/C30H29BrN2O2S/c1-21-10-8-9-15-26(21)33-29(34)28(36-30(33)32-24-13-6-3-7-14-24)19-23-16-17-27(25(31)18-23)35-20-22-11-4-2-5-12-22/h2-7,11-14,16-19,21,26H,8-10,15,20H2,1H3/b28-19-,32-30?/t21-,26-/m1/s1. The number of thioether (sulfide) groups is 1. The quantitative estimate of drug-likeness (QED) is 0.285. The minimum atomic E-state index is 0.0500. The number of hydrogen-bond donors (Lipinski definition) is 0. The number of amides is 1. The smallest absolute Gasteiger partial charge is 0.267 e. The minimum absolute atomic E-state index is 0.0500. The molecule has 1 heterocycles. The maximum atomic E-state index is 13.7. The van der Waals surface area contributed by atoms with Gasteiger partial charge in [-0.05, 0) is 87.9 Å². The lowest BCUT2D eigenvalue weighted by Crippen LogP contribution is -2.44. The first-order valence-corrected chi connectivity index (χ1v) is 14.0. The number of para-hydroxylation sites is 1. The van der Waals surface area contributed by atoms with Gasteiger partial charge in [0.1, 0.15) is 12.4 Å². The number of nitrogens with zero attached hydrogens (tertiary/aromatic N) is 2. The van der Waals surface area contributed by atoms with Gasteiger partial charge in [0.2, 0.25) is 0 Å². The molecule has 1 amide bonds. The number of amidine groups is 1. The second-order valence-electron chi connectivity index (χ2n) is 9.31. The average Bonchev–Trinajstić information content (AvgIpc) is 3.19. The molecule has 1 aliphatic heterocycles. The molecule has 1 saturated carbocycles. The Hall–Kier alpha value is -2.83. The highest BCUT2D eigenvalue weighted by Crippen LogP contribution is 2.40. The van der Waals surface area contributed by atoms with Crippen molar-refractivity contribution >= 4 is 50.5 Å². The van der Waals surface area contributed by atoms with Crippen LogP contribution in [0.4, 0.5) is 5.69 Å². The molecule has 0 N–H and O–H groups in total. The lowest BCUT2D eigenvalue weighted by atomic mass is 9.85. The van der Waals surface area contributed by atoms with Gasteiger partial charge < -0.3 is 4.74 Å². The Kier molecular flexibility index (Phi) is 7.93. The fraction of sp³-hybridized carbons (Fsp3) is 0.267. The predicted octanol–water partition coefficient (Wildman–Crippen LogP) is 8.21. The van der Waals surface area contributed by atoms with Gasteiger partial charge in [0.25, 0.3) is 5.91 Å². The Morgan fingerprint density at radius 1 is 1.03 bits per heavy atom. The average molecular weight is 562 g/mol. The summed E-state index contributed by atoms with van der Waals surface area (Å²) < 4.78 is 6.85. The van der Waals surface area contributed by atoms with E-state index in [1.165, 1.54) is 18.2 Å². The molecule has 36 heavy (non-hydrogen) atoms. The molecule has 0 radical (unpaired) electrons. The molecule has 0 spiro atoms. The van der Waals surface area contributed by atoms with E-state index in [0.717, 1.165) is 51.5 Å². The molecule has 2 atom stereocenters. The lowest BCUT2D eigenvalue weighted by Gasteiger charge is -2.35. The largest absolute Gasteiger partial charge is 0.488 e. The van der Waals surface area contributed by atoms with E-state index in [1.807, 2.05) is 89.8 Å². The Bertz CT molecular complexity index is 1280. The van der Waals surface area contributed by atoms with E-state index < -0.39 is 0 Å². The monoisotopic (exact) mass is 560 g/mol. The van der Waals surface area contributed by atoms with Crippen LogP contribution in [-0.4, -0.2) is 22.0 Å². The number of benzene rings is 3. The highest BCUT2D eigenvalue weighted by Gasteiger charge is 2.41. The predicted molar refractivity (Wildman–Crippen MR) is 152 cm³/mol. The van der Waals surface area contributed by atoms with E-state index in [9.17, 15) is 4.79 Å². The third-order valence-electron chi connectivity index (χ3n) is 6.71. The van der Waals surface area contributed by atoms with Crippen LogP contribution in [0.25, 0.3) is 6.08 Å². The molecular weight excluding hydrogens is 532 g/mol. The van der Waals surface area contributed by atoms with Gasteiger partial charge in [-0.15, -0.1) is 0 Å². The summed E-state index contributed by atoms with van der Waals surface area (Å²) >= 11 is 5.11. The van der Waals surface area contributed by atoms with Crippen molar-refractivity contribution in [3.63, 3.8) is 0 Å². The molecule has 1 saturated heterocycles. The molecule has 1 aliphatic carbocycles. The minimum Gasteiger partial charge on any atom is -0.488 e. The van der Waals surface area contributed by atoms with Crippen molar-refractivity contribution in [2.45, 2.75) is 45.3 Å². The van der Waals surface area contributed by atoms with E-state index in [-0.39, 0.29) is 11.9 Å². The molecule has 0 bridgehead atoms. The van der Waals surface area contributed by atoms with Crippen molar-refractivity contribution in [1.82, 2.24) is 4.90 Å². The van der Waals surface area contributed by atoms with Gasteiger partial charge in [-0.3, -0.25) is 9.69 Å². The zero-order valence-electron chi connectivity index (χ0n) is 20.3. The van der Waals surface area contributed by atoms with Crippen molar-refractivity contribution in [3.8, 4) is 5.75 Å². The normalized spacial score (nSPS) is 22.4. The topological polar surface area (TPSA) is 41.9 Å². The second-order valence-corrected chi connectivity index (χ2v) is 11.2. The fourth-order valence-electron chi connectivity index (χ4n) is 4.76. The Morgan fingerprint density at radius 3 is 2.47 bits per heavy atom. The van der Waals surface area contributed by atoms with Gasteiger partial charge >= 0.3 is 0 Å². The summed E-state index contributed by atoms with van der Waals surface area (Å²) in [5.74, 6) is 1.28. The van der Waals surface area contributed by atoms with Crippen LogP contribution in [-0.2, 0) is 11.4 Å². The van der Waals surface area contributed by atoms with Gasteiger partial charge in [-0.2, -0.15) is 0 Å². The fourth-order valence-corrected chi connectivity index (χ4v) is 6.32. The molecule has 6 heteroatoms. The third kappa shape index (κ3) is 5.76. The number of aliphatic imine (C=N–C) groups is 1. The maximum Gasteiger partial charge on any atom is 0.267 e. The van der Waals surface area contributed by atoms with Gasteiger partial charge in [0.05, 0.1) is 15.1 Å². The zero-order chi connectivity index (χ0) is 24.9. The summed E-state index contributed by atoms with van der Waals surface area (Å²) in [6, 6.07) is 26.1. The molecule has 4 nitrogen and oxygen atoms in total. The number of carbonyl (C=O) groups excluding carboxylic acids is 1. The van der Waals surface area contributed by atoms with E-state index in [2.05, 4.69) is 22.9 Å². The Balaban J connectivity index is 1.39. The maximum absolute atomic E-state index is 13.7. The summed E-state index contributed by atoms with van der Waals surface area (Å²) in [7, 11) is 0. The van der Waals surface area contributed by atoms with Gasteiger partial charge in [-0.25, -0.2) is 4.99 Å². The van der Waals surface area contributed by atoms with Crippen LogP contribution in [0.3, 0.4) is 0 Å². The molecule has 5 rings (SSSR count). The van der Waals surface area contributed by atoms with Crippen LogP contribution in [0.5, 0.6) is 5.75 Å². The molecule has 0 aromatic heterocycles. The second kappa shape index (κ2) is 11.5. The van der Waals surface area contributed by atoms with Gasteiger partial charge in [-0.1, -0.05) is 74.4 Å². The van der Waals surface area contributed by atoms with Crippen LogP contribution in [0.2, 0.25) is 0 Å². The van der Waals surface area contributed by atoms with Gasteiger partial charge in [0, 0.05) is 6.04 Å². The zero-order valence-corrected chi connectivity index (χ0v) is 22.7. The molecule has 184 valence electrons. The Morgan fingerprint density at radius 2 is 1.75 bits per heavy atom. The summed E-state index contributed by atoms with van der Waals surface area (Å²) in [5.41, 5.74) is 2.93. The summed E-state index contributed by atoms with van der Waals surface area (Å²) in [6.45, 7) is 2.76. The highest BCUT2D eigenvalue weighted by molar-refractivity contribution is 9.10. The van der Waals surface area contributed by atoms with Crippen molar-refractivity contribution in [1.29, 1.82) is 0 Å². The van der Waals surface area contributed by atoms with Crippen LogP contribution in [0.1, 0.15) is 43.7 Å². The summed E-state index contributed by atoms with van der Waals surface area (Å²) in [6.07, 6.45) is 6.51. The Labute approximate surface area is 225 Å². The third-order valence-corrected chi connectivity index (χ3v) is 8.31. The highest BCUT2D eigenvalue weighted by atomic mass is 79.9. The molecule has 0 unspecified atom stereocenters. The number of halogens is 1. The van der Waals surface area contributed by atoms with E-state index in [1.54, 1.807) is 0 Å². The first kappa shape index (κ1) is 24.8. The molecule has 2 fully saturated rings. The lowest BCUT2D eigenvalue weighted by molar-refractivity contribution is -0.124. The molecule has 3 aromatic rings. The molecule has 2 aliphatic rings. The number of hydrogen-bond acceptors (Lipinski definition) is 4. The SMILES string of the molecule is C[C@@H]1CCCC[C@H]1N1C(=O)/C(=C/c2ccc(OCc3ccccc3)c(Br)c2)SC1=Nc1ccccc1. The van der Waals surface area contributed by atoms with Crippen LogP contribution in [0, 0.1) is 5.92 Å². The van der Waals surface area contributed by atoms with Crippen molar-refractivity contribution in [2.75, 3.05) is 0 Å². The van der Waals surface area contributed by atoms with E-state index in [0.29, 0.717) is 17.4 Å². The molecular formula is C30H29BrN2O2S. The first-order valence-electron chi connectivity index (χ1n) is 12.4. The number of rotatable bonds is 6. The van der Waals surface area contributed by atoms with Crippen LogP contribution >= 0.6 is 27.7 Å². The summed E-state index contributed by atoms with van der Waals surface area (Å²) in [4.78, 5) is 21.2.